The zero-order chi connectivity index (χ0) is 18.4. The second-order valence-corrected chi connectivity index (χ2v) is 5.39. The Morgan fingerprint density at radius 2 is 1.76 bits per heavy atom. The Hall–Kier alpha value is -3.20. The van der Waals surface area contributed by atoms with Gasteiger partial charge in [-0.15, -0.1) is 0 Å². The molecule has 0 saturated carbocycles. The first-order valence-electron chi connectivity index (χ1n) is 7.42. The highest BCUT2D eigenvalue weighted by molar-refractivity contribution is 5.94. The normalized spacial score (nSPS) is 9.76. The minimum absolute atomic E-state index is 0.00797. The second-order valence-electron chi connectivity index (χ2n) is 5.39. The van der Waals surface area contributed by atoms with E-state index in [-0.39, 0.29) is 18.0 Å². The highest BCUT2D eigenvalue weighted by atomic mass is 19.1. The summed E-state index contributed by atoms with van der Waals surface area (Å²) in [6.45, 7) is 0.00797. The van der Waals surface area contributed by atoms with Crippen LogP contribution in [0.5, 0.6) is 0 Å². The molecule has 0 atom stereocenters. The van der Waals surface area contributed by atoms with Gasteiger partial charge in [0.2, 0.25) is 0 Å². The van der Waals surface area contributed by atoms with Crippen LogP contribution >= 0.6 is 0 Å². The molecular formula is C19H16F2N2O2. The molecule has 0 aliphatic rings. The van der Waals surface area contributed by atoms with E-state index in [1.165, 1.54) is 4.90 Å². The molecule has 2 aromatic rings. The summed E-state index contributed by atoms with van der Waals surface area (Å²) in [5, 5.41) is 2.44. The Morgan fingerprint density at radius 1 is 1.08 bits per heavy atom. The van der Waals surface area contributed by atoms with Crippen molar-refractivity contribution in [3.8, 4) is 11.8 Å². The van der Waals surface area contributed by atoms with Gasteiger partial charge in [-0.1, -0.05) is 11.8 Å². The van der Waals surface area contributed by atoms with E-state index in [9.17, 15) is 18.4 Å². The highest BCUT2D eigenvalue weighted by Gasteiger charge is 2.11. The van der Waals surface area contributed by atoms with Crippen LogP contribution in [0.2, 0.25) is 0 Å². The maximum atomic E-state index is 13.5. The molecule has 4 nitrogen and oxygen atoms in total. The Balaban J connectivity index is 1.94. The Morgan fingerprint density at radius 3 is 2.36 bits per heavy atom. The number of amides is 2. The molecule has 0 aliphatic carbocycles. The molecule has 2 rings (SSSR count). The summed E-state index contributed by atoms with van der Waals surface area (Å²) >= 11 is 0. The summed E-state index contributed by atoms with van der Waals surface area (Å²) in [6.07, 6.45) is 0. The largest absolute Gasteiger partial charge is 0.345 e. The first-order valence-corrected chi connectivity index (χ1v) is 7.42. The molecule has 6 heteroatoms. The number of carbonyl (C=O) groups is 2. The lowest BCUT2D eigenvalue weighted by atomic mass is 10.1. The monoisotopic (exact) mass is 342 g/mol. The lowest BCUT2D eigenvalue weighted by molar-refractivity contribution is 0.0827. The van der Waals surface area contributed by atoms with Crippen LogP contribution in [0.15, 0.2) is 42.5 Å². The van der Waals surface area contributed by atoms with Crippen molar-refractivity contribution in [2.75, 3.05) is 20.6 Å². The van der Waals surface area contributed by atoms with E-state index < -0.39 is 17.5 Å². The van der Waals surface area contributed by atoms with Gasteiger partial charge in [-0.2, -0.15) is 0 Å². The fourth-order valence-corrected chi connectivity index (χ4v) is 1.99. The summed E-state index contributed by atoms with van der Waals surface area (Å²) < 4.78 is 26.3. The smallest absolute Gasteiger partial charge is 0.255 e. The van der Waals surface area contributed by atoms with Gasteiger partial charge in [-0.25, -0.2) is 8.78 Å². The van der Waals surface area contributed by atoms with E-state index in [1.54, 1.807) is 38.4 Å². The van der Waals surface area contributed by atoms with Crippen LogP contribution in [0.25, 0.3) is 0 Å². The van der Waals surface area contributed by atoms with Crippen molar-refractivity contribution in [2.24, 2.45) is 0 Å². The fourth-order valence-electron chi connectivity index (χ4n) is 1.99. The Kier molecular flexibility index (Phi) is 5.85. The van der Waals surface area contributed by atoms with Gasteiger partial charge in [-0.3, -0.25) is 9.59 Å². The lowest BCUT2D eigenvalue weighted by Gasteiger charge is -2.09. The molecule has 1 N–H and O–H groups in total. The number of hydrogen-bond donors (Lipinski definition) is 1. The quantitative estimate of drug-likeness (QED) is 0.871. The van der Waals surface area contributed by atoms with E-state index >= 15 is 0 Å². The fraction of sp³-hybridized carbons (Fsp3) is 0.158. The number of rotatable bonds is 3. The van der Waals surface area contributed by atoms with E-state index in [0.717, 1.165) is 12.1 Å². The molecule has 128 valence electrons. The van der Waals surface area contributed by atoms with Crippen LogP contribution in [0, 0.1) is 23.5 Å². The van der Waals surface area contributed by atoms with E-state index in [2.05, 4.69) is 17.2 Å². The summed E-state index contributed by atoms with van der Waals surface area (Å²) in [5.41, 5.74) is 0.989. The third kappa shape index (κ3) is 4.88. The molecule has 0 aromatic heterocycles. The van der Waals surface area contributed by atoms with Crippen molar-refractivity contribution in [3.05, 3.63) is 70.8 Å². The second kappa shape index (κ2) is 8.06. The van der Waals surface area contributed by atoms with Crippen LogP contribution in [0.1, 0.15) is 26.3 Å². The van der Waals surface area contributed by atoms with Crippen molar-refractivity contribution >= 4 is 11.8 Å². The van der Waals surface area contributed by atoms with Gasteiger partial charge < -0.3 is 10.2 Å². The van der Waals surface area contributed by atoms with Crippen LogP contribution in [0.3, 0.4) is 0 Å². The number of hydrogen-bond acceptors (Lipinski definition) is 2. The number of benzene rings is 2. The van der Waals surface area contributed by atoms with E-state index in [4.69, 9.17) is 0 Å². The molecule has 0 aliphatic heterocycles. The Bertz CT molecular complexity index is 850. The van der Waals surface area contributed by atoms with Crippen LogP contribution in [0.4, 0.5) is 8.78 Å². The molecule has 0 bridgehead atoms. The molecule has 0 saturated heterocycles. The summed E-state index contributed by atoms with van der Waals surface area (Å²) in [5.74, 6) is 3.12. The van der Waals surface area contributed by atoms with Crippen LogP contribution < -0.4 is 5.32 Å². The van der Waals surface area contributed by atoms with Gasteiger partial charge in [0.05, 0.1) is 12.1 Å². The highest BCUT2D eigenvalue weighted by Crippen LogP contribution is 2.09. The van der Waals surface area contributed by atoms with E-state index in [0.29, 0.717) is 17.2 Å². The first kappa shape index (κ1) is 18.1. The summed E-state index contributed by atoms with van der Waals surface area (Å²) in [6, 6.07) is 9.47. The number of carbonyl (C=O) groups excluding carboxylic acids is 2. The molecule has 0 heterocycles. The third-order valence-corrected chi connectivity index (χ3v) is 3.28. The van der Waals surface area contributed by atoms with Gasteiger partial charge in [0, 0.05) is 31.3 Å². The average Bonchev–Trinajstić information content (AvgIpc) is 2.58. The topological polar surface area (TPSA) is 49.4 Å². The standard InChI is InChI=1S/C19H16F2N2O2/c1-23(2)19(25)14-7-5-13(6-8-14)4-3-11-22-18(24)16-10-9-15(20)12-17(16)21/h5-10,12H,11H2,1-2H3,(H,22,24). The summed E-state index contributed by atoms with van der Waals surface area (Å²) in [4.78, 5) is 25.0. The van der Waals surface area contributed by atoms with E-state index in [1.807, 2.05) is 0 Å². The SMILES string of the molecule is CN(C)C(=O)c1ccc(C#CCNC(=O)c2ccc(F)cc2F)cc1. The lowest BCUT2D eigenvalue weighted by Crippen LogP contribution is -2.24. The van der Waals surface area contributed by atoms with Gasteiger partial charge >= 0.3 is 0 Å². The summed E-state index contributed by atoms with van der Waals surface area (Å²) in [7, 11) is 3.34. The number of halogens is 2. The van der Waals surface area contributed by atoms with Crippen molar-refractivity contribution in [3.63, 3.8) is 0 Å². The maximum Gasteiger partial charge on any atom is 0.255 e. The average molecular weight is 342 g/mol. The number of nitrogens with one attached hydrogen (secondary N) is 1. The minimum atomic E-state index is -0.924. The first-order chi connectivity index (χ1) is 11.9. The third-order valence-electron chi connectivity index (χ3n) is 3.28. The van der Waals surface area contributed by atoms with Crippen molar-refractivity contribution in [2.45, 2.75) is 0 Å². The van der Waals surface area contributed by atoms with Crippen molar-refractivity contribution < 1.29 is 18.4 Å². The molecule has 0 unspecified atom stereocenters. The molecule has 0 radical (unpaired) electrons. The molecule has 25 heavy (non-hydrogen) atoms. The minimum Gasteiger partial charge on any atom is -0.345 e. The molecular weight excluding hydrogens is 326 g/mol. The molecule has 0 fully saturated rings. The molecule has 0 spiro atoms. The van der Waals surface area contributed by atoms with Crippen molar-refractivity contribution in [1.29, 1.82) is 0 Å². The zero-order valence-corrected chi connectivity index (χ0v) is 13.8. The molecule has 2 aromatic carbocycles. The molecule has 2 amide bonds. The Labute approximate surface area is 144 Å². The maximum absolute atomic E-state index is 13.5. The van der Waals surface area contributed by atoms with Gasteiger partial charge in [0.25, 0.3) is 11.8 Å². The van der Waals surface area contributed by atoms with Crippen LogP contribution in [-0.2, 0) is 0 Å². The zero-order valence-electron chi connectivity index (χ0n) is 13.8. The van der Waals surface area contributed by atoms with Crippen molar-refractivity contribution in [1.82, 2.24) is 10.2 Å². The predicted molar refractivity (Wildman–Crippen MR) is 90.0 cm³/mol. The number of nitrogens with zero attached hydrogens (tertiary/aromatic N) is 1. The predicted octanol–water partition coefficient (Wildman–Crippen LogP) is 2.45. The van der Waals surface area contributed by atoms with Gasteiger partial charge in [-0.05, 0) is 36.4 Å². The van der Waals surface area contributed by atoms with Crippen LogP contribution in [-0.4, -0.2) is 37.4 Å². The van der Waals surface area contributed by atoms with Gasteiger partial charge in [0.15, 0.2) is 0 Å². The van der Waals surface area contributed by atoms with Gasteiger partial charge in [0.1, 0.15) is 11.6 Å².